The van der Waals surface area contributed by atoms with Crippen LogP contribution in [0.5, 0.6) is 0 Å². The number of likely N-dealkylation sites (tertiary alicyclic amines) is 1. The molecule has 104 valence electrons. The summed E-state index contributed by atoms with van der Waals surface area (Å²) in [5.41, 5.74) is -0.428. The largest absolute Gasteiger partial charge is 0.390 e. The number of piperidine rings is 1. The molecule has 0 aliphatic carbocycles. The normalized spacial score (nSPS) is 19.9. The number of rotatable bonds is 5. The van der Waals surface area contributed by atoms with Crippen LogP contribution in [-0.4, -0.2) is 48.5 Å². The third-order valence-electron chi connectivity index (χ3n) is 3.55. The van der Waals surface area contributed by atoms with Crippen LogP contribution >= 0.6 is 0 Å². The molecule has 0 aromatic heterocycles. The summed E-state index contributed by atoms with van der Waals surface area (Å²) in [4.78, 5) is 2.38. The predicted octanol–water partition coefficient (Wildman–Crippen LogP) is 2.53. The Hall–Kier alpha value is -0.120. The lowest BCUT2D eigenvalue weighted by Crippen LogP contribution is -2.48. The van der Waals surface area contributed by atoms with Gasteiger partial charge in [-0.1, -0.05) is 27.7 Å². The minimum atomic E-state index is -0.428. The second kappa shape index (κ2) is 8.90. The lowest BCUT2D eigenvalue weighted by atomic mass is 9.81. The van der Waals surface area contributed by atoms with Gasteiger partial charge in [0.15, 0.2) is 0 Å². The van der Waals surface area contributed by atoms with Crippen LogP contribution in [0.15, 0.2) is 0 Å². The third kappa shape index (κ3) is 5.84. The van der Waals surface area contributed by atoms with E-state index in [1.807, 2.05) is 20.8 Å². The van der Waals surface area contributed by atoms with E-state index in [0.717, 1.165) is 45.7 Å². The van der Waals surface area contributed by atoms with E-state index in [0.29, 0.717) is 5.92 Å². The van der Waals surface area contributed by atoms with Gasteiger partial charge in [-0.2, -0.15) is 0 Å². The van der Waals surface area contributed by atoms with Crippen molar-refractivity contribution in [2.45, 2.75) is 53.1 Å². The van der Waals surface area contributed by atoms with Gasteiger partial charge in [0.05, 0.1) is 12.2 Å². The van der Waals surface area contributed by atoms with E-state index in [1.165, 1.54) is 0 Å². The van der Waals surface area contributed by atoms with E-state index in [1.54, 1.807) is 0 Å². The summed E-state index contributed by atoms with van der Waals surface area (Å²) >= 11 is 0. The smallest absolute Gasteiger partial charge is 0.0694 e. The Balaban J connectivity index is 0.00000121. The molecule has 0 aromatic rings. The van der Waals surface area contributed by atoms with Crippen LogP contribution in [0.4, 0.5) is 0 Å². The van der Waals surface area contributed by atoms with Gasteiger partial charge in [0.25, 0.3) is 0 Å². The Morgan fingerprint density at radius 3 is 2.18 bits per heavy atom. The molecule has 3 heteroatoms. The van der Waals surface area contributed by atoms with Crippen LogP contribution in [0.3, 0.4) is 0 Å². The van der Waals surface area contributed by atoms with Crippen molar-refractivity contribution in [3.8, 4) is 0 Å². The van der Waals surface area contributed by atoms with Crippen molar-refractivity contribution in [2.24, 2.45) is 5.92 Å². The molecule has 0 aromatic carbocycles. The van der Waals surface area contributed by atoms with Crippen LogP contribution in [0.2, 0.25) is 0 Å². The van der Waals surface area contributed by atoms with Crippen molar-refractivity contribution in [3.63, 3.8) is 0 Å². The third-order valence-corrected chi connectivity index (χ3v) is 3.55. The summed E-state index contributed by atoms with van der Waals surface area (Å²) in [6, 6.07) is 0. The Morgan fingerprint density at radius 1 is 1.24 bits per heavy atom. The number of nitrogens with zero attached hydrogens (tertiary/aromatic N) is 1. The quantitative estimate of drug-likeness (QED) is 0.756. The molecule has 0 spiro atoms. The maximum absolute atomic E-state index is 10.3. The SMILES string of the molecule is CC.CCOCCN1CCC(O)(C(C)C)CC1. The summed E-state index contributed by atoms with van der Waals surface area (Å²) in [6.07, 6.45) is 1.80. The molecule has 1 aliphatic heterocycles. The summed E-state index contributed by atoms with van der Waals surface area (Å²) in [5, 5.41) is 10.3. The first-order valence-electron chi connectivity index (χ1n) is 7.11. The summed E-state index contributed by atoms with van der Waals surface area (Å²) in [6.45, 7) is 14.9. The Labute approximate surface area is 107 Å². The van der Waals surface area contributed by atoms with Gasteiger partial charge < -0.3 is 14.7 Å². The highest BCUT2D eigenvalue weighted by molar-refractivity contribution is 4.88. The monoisotopic (exact) mass is 245 g/mol. The molecule has 3 nitrogen and oxygen atoms in total. The van der Waals surface area contributed by atoms with E-state index in [-0.39, 0.29) is 0 Å². The van der Waals surface area contributed by atoms with Crippen molar-refractivity contribution < 1.29 is 9.84 Å². The van der Waals surface area contributed by atoms with E-state index in [2.05, 4.69) is 18.7 Å². The first-order chi connectivity index (χ1) is 8.08. The van der Waals surface area contributed by atoms with Crippen LogP contribution in [-0.2, 0) is 4.74 Å². The van der Waals surface area contributed by atoms with Gasteiger partial charge in [-0.25, -0.2) is 0 Å². The lowest BCUT2D eigenvalue weighted by Gasteiger charge is -2.40. The number of hydrogen-bond acceptors (Lipinski definition) is 3. The first kappa shape index (κ1) is 16.9. The molecule has 0 saturated carbocycles. The average molecular weight is 245 g/mol. The molecular formula is C14H31NO2. The molecular weight excluding hydrogens is 214 g/mol. The van der Waals surface area contributed by atoms with E-state index in [4.69, 9.17) is 4.74 Å². The van der Waals surface area contributed by atoms with E-state index in [9.17, 15) is 5.11 Å². The average Bonchev–Trinajstić information content (AvgIpc) is 2.34. The van der Waals surface area contributed by atoms with Gasteiger partial charge in [0.2, 0.25) is 0 Å². The summed E-state index contributed by atoms with van der Waals surface area (Å²) in [7, 11) is 0. The number of hydrogen-bond donors (Lipinski definition) is 1. The minimum absolute atomic E-state index is 0.367. The van der Waals surface area contributed by atoms with Gasteiger partial charge in [0.1, 0.15) is 0 Å². The summed E-state index contributed by atoms with van der Waals surface area (Å²) in [5.74, 6) is 0.367. The molecule has 1 rings (SSSR count). The Kier molecular flexibility index (Phi) is 8.83. The van der Waals surface area contributed by atoms with Crippen LogP contribution in [0.1, 0.15) is 47.5 Å². The molecule has 0 amide bonds. The van der Waals surface area contributed by atoms with Gasteiger partial charge in [-0.3, -0.25) is 0 Å². The molecule has 1 saturated heterocycles. The Bertz CT molecular complexity index is 175. The Morgan fingerprint density at radius 2 is 1.76 bits per heavy atom. The fourth-order valence-corrected chi connectivity index (χ4v) is 2.08. The minimum Gasteiger partial charge on any atom is -0.390 e. The standard InChI is InChI=1S/C12H25NO2.C2H6/c1-4-15-10-9-13-7-5-12(14,6-8-13)11(2)3;1-2/h11,14H,4-10H2,1-3H3;1-2H3. The van der Waals surface area contributed by atoms with Gasteiger partial charge in [-0.05, 0) is 25.7 Å². The van der Waals surface area contributed by atoms with E-state index < -0.39 is 5.60 Å². The predicted molar refractivity (Wildman–Crippen MR) is 73.3 cm³/mol. The highest BCUT2D eigenvalue weighted by Gasteiger charge is 2.34. The zero-order valence-electron chi connectivity index (χ0n) is 12.3. The fourth-order valence-electron chi connectivity index (χ4n) is 2.08. The molecule has 0 radical (unpaired) electrons. The molecule has 1 N–H and O–H groups in total. The maximum atomic E-state index is 10.3. The molecule has 1 aliphatic rings. The van der Waals surface area contributed by atoms with Gasteiger partial charge in [0, 0.05) is 26.2 Å². The zero-order valence-corrected chi connectivity index (χ0v) is 12.3. The molecule has 1 heterocycles. The topological polar surface area (TPSA) is 32.7 Å². The van der Waals surface area contributed by atoms with Crippen molar-refractivity contribution in [1.29, 1.82) is 0 Å². The maximum Gasteiger partial charge on any atom is 0.0694 e. The second-order valence-corrected chi connectivity index (χ2v) is 4.80. The first-order valence-corrected chi connectivity index (χ1v) is 7.11. The second-order valence-electron chi connectivity index (χ2n) is 4.80. The lowest BCUT2D eigenvalue weighted by molar-refractivity contribution is -0.0594. The van der Waals surface area contributed by atoms with E-state index >= 15 is 0 Å². The molecule has 0 unspecified atom stereocenters. The molecule has 0 atom stereocenters. The van der Waals surface area contributed by atoms with Crippen LogP contribution < -0.4 is 0 Å². The molecule has 0 bridgehead atoms. The highest BCUT2D eigenvalue weighted by Crippen LogP contribution is 2.29. The van der Waals surface area contributed by atoms with Crippen LogP contribution in [0, 0.1) is 5.92 Å². The molecule has 1 fully saturated rings. The zero-order chi connectivity index (χ0) is 13.3. The van der Waals surface area contributed by atoms with Crippen molar-refractivity contribution >= 4 is 0 Å². The van der Waals surface area contributed by atoms with Crippen molar-refractivity contribution in [2.75, 3.05) is 32.8 Å². The van der Waals surface area contributed by atoms with Crippen LogP contribution in [0.25, 0.3) is 0 Å². The highest BCUT2D eigenvalue weighted by atomic mass is 16.5. The fraction of sp³-hybridized carbons (Fsp3) is 1.00. The van der Waals surface area contributed by atoms with Crippen molar-refractivity contribution in [1.82, 2.24) is 4.90 Å². The van der Waals surface area contributed by atoms with Gasteiger partial charge in [-0.15, -0.1) is 0 Å². The number of ether oxygens (including phenoxy) is 1. The summed E-state index contributed by atoms with van der Waals surface area (Å²) < 4.78 is 5.33. The van der Waals surface area contributed by atoms with Crippen molar-refractivity contribution in [3.05, 3.63) is 0 Å². The number of aliphatic hydroxyl groups is 1. The molecule has 17 heavy (non-hydrogen) atoms. The van der Waals surface area contributed by atoms with Gasteiger partial charge >= 0.3 is 0 Å².